The second-order valence-corrected chi connectivity index (χ2v) is 3.94. The number of amides is 1. The summed E-state index contributed by atoms with van der Waals surface area (Å²) in [7, 11) is 0. The first-order valence-corrected chi connectivity index (χ1v) is 4.37. The summed E-state index contributed by atoms with van der Waals surface area (Å²) in [5, 5.41) is 0. The lowest BCUT2D eigenvalue weighted by Gasteiger charge is -2.36. The molecule has 1 fully saturated rings. The second-order valence-electron chi connectivity index (χ2n) is 3.94. The minimum absolute atomic E-state index is 0.0886. The molecular formula is C8H13F3N2O. The second kappa shape index (κ2) is 3.42. The molecule has 1 saturated heterocycles. The van der Waals surface area contributed by atoms with Gasteiger partial charge in [-0.25, -0.2) is 0 Å². The van der Waals surface area contributed by atoms with Gasteiger partial charge in [-0.05, 0) is 19.8 Å². The number of carbonyl (C=O) groups is 1. The van der Waals surface area contributed by atoms with Gasteiger partial charge in [0.1, 0.15) is 0 Å². The third-order valence-corrected chi connectivity index (χ3v) is 2.44. The Labute approximate surface area is 80.0 Å². The van der Waals surface area contributed by atoms with Gasteiger partial charge in [-0.15, -0.1) is 0 Å². The number of likely N-dealkylation sites (tertiary alicyclic amines) is 1. The molecule has 1 amide bonds. The highest BCUT2D eigenvalue weighted by molar-refractivity contribution is 5.81. The Kier molecular flexibility index (Phi) is 2.76. The van der Waals surface area contributed by atoms with E-state index in [0.29, 0.717) is 12.8 Å². The fourth-order valence-electron chi connectivity index (χ4n) is 1.40. The standard InChI is InChI=1S/C8H13F3N2O/c1-7(12)2-4-13(5-3-7)6(14)8(9,10)11/h2-5,12H2,1H3. The Balaban J connectivity index is 2.55. The minimum Gasteiger partial charge on any atom is -0.335 e. The summed E-state index contributed by atoms with van der Waals surface area (Å²) in [4.78, 5) is 11.6. The molecular weight excluding hydrogens is 197 g/mol. The van der Waals surface area contributed by atoms with E-state index in [-0.39, 0.29) is 13.1 Å². The van der Waals surface area contributed by atoms with Crippen LogP contribution in [0, 0.1) is 0 Å². The number of hydrogen-bond donors (Lipinski definition) is 1. The summed E-state index contributed by atoms with van der Waals surface area (Å²) in [6, 6.07) is 0. The van der Waals surface area contributed by atoms with Gasteiger partial charge in [-0.1, -0.05) is 0 Å². The van der Waals surface area contributed by atoms with Crippen molar-refractivity contribution >= 4 is 5.91 Å². The molecule has 6 heteroatoms. The number of rotatable bonds is 0. The van der Waals surface area contributed by atoms with Crippen molar-refractivity contribution in [2.45, 2.75) is 31.5 Å². The Morgan fingerprint density at radius 3 is 2.14 bits per heavy atom. The fourth-order valence-corrected chi connectivity index (χ4v) is 1.40. The highest BCUT2D eigenvalue weighted by atomic mass is 19.4. The quantitative estimate of drug-likeness (QED) is 0.645. The number of hydrogen-bond acceptors (Lipinski definition) is 2. The van der Waals surface area contributed by atoms with Crippen LogP contribution < -0.4 is 5.73 Å². The van der Waals surface area contributed by atoms with E-state index < -0.39 is 17.6 Å². The summed E-state index contributed by atoms with van der Waals surface area (Å²) in [5.41, 5.74) is 5.29. The average Bonchev–Trinajstić information content (AvgIpc) is 2.01. The zero-order chi connectivity index (χ0) is 11.0. The van der Waals surface area contributed by atoms with Crippen LogP contribution in [0.3, 0.4) is 0 Å². The first kappa shape index (κ1) is 11.3. The third kappa shape index (κ3) is 2.60. The maximum atomic E-state index is 12.0. The Bertz CT molecular complexity index is 227. The zero-order valence-electron chi connectivity index (χ0n) is 7.90. The van der Waals surface area contributed by atoms with Crippen molar-refractivity contribution in [3.63, 3.8) is 0 Å². The molecule has 1 rings (SSSR count). The normalized spacial score (nSPS) is 22.2. The molecule has 3 nitrogen and oxygen atoms in total. The van der Waals surface area contributed by atoms with E-state index in [0.717, 1.165) is 4.90 Å². The van der Waals surface area contributed by atoms with Crippen LogP contribution in [0.4, 0.5) is 13.2 Å². The molecule has 0 radical (unpaired) electrons. The van der Waals surface area contributed by atoms with Gasteiger partial charge in [-0.2, -0.15) is 13.2 Å². The third-order valence-electron chi connectivity index (χ3n) is 2.44. The first-order chi connectivity index (χ1) is 6.22. The fraction of sp³-hybridized carbons (Fsp3) is 0.875. The molecule has 0 aromatic rings. The Hall–Kier alpha value is -0.780. The van der Waals surface area contributed by atoms with Crippen molar-refractivity contribution in [2.24, 2.45) is 5.73 Å². The first-order valence-electron chi connectivity index (χ1n) is 4.37. The van der Waals surface area contributed by atoms with E-state index in [1.165, 1.54) is 0 Å². The van der Waals surface area contributed by atoms with Crippen LogP contribution in [0.1, 0.15) is 19.8 Å². The molecule has 1 heterocycles. The van der Waals surface area contributed by atoms with Crippen LogP contribution in [0.25, 0.3) is 0 Å². The summed E-state index contributed by atoms with van der Waals surface area (Å²) in [6.07, 6.45) is -3.94. The van der Waals surface area contributed by atoms with Crippen LogP contribution in [-0.4, -0.2) is 35.6 Å². The molecule has 0 aliphatic carbocycles. The zero-order valence-corrected chi connectivity index (χ0v) is 7.90. The predicted octanol–water partition coefficient (Wildman–Crippen LogP) is 0.889. The molecule has 0 saturated carbocycles. The van der Waals surface area contributed by atoms with Gasteiger partial charge in [0, 0.05) is 18.6 Å². The van der Waals surface area contributed by atoms with E-state index in [1.54, 1.807) is 6.92 Å². The van der Waals surface area contributed by atoms with Gasteiger partial charge >= 0.3 is 12.1 Å². The minimum atomic E-state index is -4.76. The molecule has 0 aromatic carbocycles. The maximum absolute atomic E-state index is 12.0. The summed E-state index contributed by atoms with van der Waals surface area (Å²) in [6.45, 7) is 1.96. The van der Waals surface area contributed by atoms with Gasteiger partial charge in [0.15, 0.2) is 0 Å². The Morgan fingerprint density at radius 2 is 1.79 bits per heavy atom. The Morgan fingerprint density at radius 1 is 1.36 bits per heavy atom. The smallest absolute Gasteiger partial charge is 0.335 e. The van der Waals surface area contributed by atoms with E-state index in [9.17, 15) is 18.0 Å². The van der Waals surface area contributed by atoms with Gasteiger partial charge in [0.05, 0.1) is 0 Å². The van der Waals surface area contributed by atoms with E-state index >= 15 is 0 Å². The largest absolute Gasteiger partial charge is 0.471 e. The van der Waals surface area contributed by atoms with Crippen LogP contribution >= 0.6 is 0 Å². The topological polar surface area (TPSA) is 46.3 Å². The summed E-state index contributed by atoms with van der Waals surface area (Å²) >= 11 is 0. The summed E-state index contributed by atoms with van der Waals surface area (Å²) in [5.74, 6) is -1.76. The van der Waals surface area contributed by atoms with Crippen molar-refractivity contribution in [3.05, 3.63) is 0 Å². The van der Waals surface area contributed by atoms with Crippen molar-refractivity contribution in [2.75, 3.05) is 13.1 Å². The lowest BCUT2D eigenvalue weighted by molar-refractivity contribution is -0.186. The molecule has 0 bridgehead atoms. The lowest BCUT2D eigenvalue weighted by Crippen LogP contribution is -2.52. The summed E-state index contributed by atoms with van der Waals surface area (Å²) < 4.78 is 36.0. The van der Waals surface area contributed by atoms with E-state index in [1.807, 2.05) is 0 Å². The average molecular weight is 210 g/mol. The number of nitrogens with zero attached hydrogens (tertiary/aromatic N) is 1. The number of alkyl halides is 3. The van der Waals surface area contributed by atoms with Crippen LogP contribution in [0.2, 0.25) is 0 Å². The number of carbonyl (C=O) groups excluding carboxylic acids is 1. The number of nitrogens with two attached hydrogens (primary N) is 1. The molecule has 1 aliphatic rings. The van der Waals surface area contributed by atoms with Gasteiger partial charge in [-0.3, -0.25) is 4.79 Å². The molecule has 14 heavy (non-hydrogen) atoms. The number of halogens is 3. The highest BCUT2D eigenvalue weighted by Crippen LogP contribution is 2.24. The van der Waals surface area contributed by atoms with Crippen LogP contribution in [0.15, 0.2) is 0 Å². The van der Waals surface area contributed by atoms with Crippen molar-refractivity contribution < 1.29 is 18.0 Å². The van der Waals surface area contributed by atoms with E-state index in [4.69, 9.17) is 5.73 Å². The molecule has 2 N–H and O–H groups in total. The van der Waals surface area contributed by atoms with Crippen molar-refractivity contribution in [3.8, 4) is 0 Å². The molecule has 0 unspecified atom stereocenters. The van der Waals surface area contributed by atoms with Crippen LogP contribution in [0.5, 0.6) is 0 Å². The van der Waals surface area contributed by atoms with Crippen molar-refractivity contribution in [1.29, 1.82) is 0 Å². The highest BCUT2D eigenvalue weighted by Gasteiger charge is 2.44. The maximum Gasteiger partial charge on any atom is 0.471 e. The van der Waals surface area contributed by atoms with Gasteiger partial charge in [0.25, 0.3) is 0 Å². The van der Waals surface area contributed by atoms with Gasteiger partial charge in [0.2, 0.25) is 0 Å². The monoisotopic (exact) mass is 210 g/mol. The van der Waals surface area contributed by atoms with Gasteiger partial charge < -0.3 is 10.6 Å². The molecule has 0 spiro atoms. The van der Waals surface area contributed by atoms with Crippen LogP contribution in [-0.2, 0) is 4.79 Å². The molecule has 82 valence electrons. The van der Waals surface area contributed by atoms with Crippen molar-refractivity contribution in [1.82, 2.24) is 4.90 Å². The molecule has 0 aromatic heterocycles. The SMILES string of the molecule is CC1(N)CCN(C(=O)C(F)(F)F)CC1. The molecule has 1 aliphatic heterocycles. The predicted molar refractivity (Wildman–Crippen MR) is 44.5 cm³/mol. The lowest BCUT2D eigenvalue weighted by atomic mass is 9.91. The van der Waals surface area contributed by atoms with E-state index in [2.05, 4.69) is 0 Å². The molecule has 0 atom stereocenters. The number of piperidine rings is 1.